The highest BCUT2D eigenvalue weighted by Gasteiger charge is 2.29. The van der Waals surface area contributed by atoms with E-state index in [2.05, 4.69) is 25.9 Å². The predicted octanol–water partition coefficient (Wildman–Crippen LogP) is 3.79. The Kier molecular flexibility index (Phi) is 4.19. The van der Waals surface area contributed by atoms with E-state index >= 15 is 0 Å². The zero-order valence-electron chi connectivity index (χ0n) is 15.4. The average Bonchev–Trinajstić information content (AvgIpc) is 3.31. The molecule has 0 aliphatic carbocycles. The SMILES string of the molecule is O=[N+]([O-])c1c(N2CCCCCC2)cc(Nc2cccc3nonc23)c2nonc12. The third-order valence-electron chi connectivity index (χ3n) is 5.18. The van der Waals surface area contributed by atoms with Crippen molar-refractivity contribution in [1.29, 1.82) is 0 Å². The lowest BCUT2D eigenvalue weighted by molar-refractivity contribution is -0.382. The summed E-state index contributed by atoms with van der Waals surface area (Å²) in [6, 6.07) is 7.15. The normalized spacial score (nSPS) is 15.0. The quantitative estimate of drug-likeness (QED) is 0.401. The predicted molar refractivity (Wildman–Crippen MR) is 104 cm³/mol. The van der Waals surface area contributed by atoms with E-state index in [1.54, 1.807) is 12.1 Å². The molecule has 0 spiro atoms. The second-order valence-corrected chi connectivity index (χ2v) is 6.97. The van der Waals surface area contributed by atoms with Crippen LogP contribution < -0.4 is 10.2 Å². The average molecular weight is 395 g/mol. The topological polar surface area (TPSA) is 136 Å². The monoisotopic (exact) mass is 395 g/mol. The molecule has 11 heteroatoms. The summed E-state index contributed by atoms with van der Waals surface area (Å²) in [7, 11) is 0. The van der Waals surface area contributed by atoms with Gasteiger partial charge in [0.2, 0.25) is 5.52 Å². The fourth-order valence-electron chi connectivity index (χ4n) is 3.80. The summed E-state index contributed by atoms with van der Waals surface area (Å²) in [4.78, 5) is 13.5. The van der Waals surface area contributed by atoms with E-state index in [-0.39, 0.29) is 16.7 Å². The van der Waals surface area contributed by atoms with Gasteiger partial charge in [0.25, 0.3) is 0 Å². The van der Waals surface area contributed by atoms with Gasteiger partial charge >= 0.3 is 5.69 Å². The summed E-state index contributed by atoms with van der Waals surface area (Å²) >= 11 is 0. The Labute approximate surface area is 163 Å². The highest BCUT2D eigenvalue weighted by atomic mass is 16.6. The van der Waals surface area contributed by atoms with Crippen molar-refractivity contribution in [2.45, 2.75) is 25.7 Å². The molecule has 29 heavy (non-hydrogen) atoms. The molecule has 0 bridgehead atoms. The number of benzene rings is 2. The van der Waals surface area contributed by atoms with Gasteiger partial charge in [-0.15, -0.1) is 0 Å². The van der Waals surface area contributed by atoms with Gasteiger partial charge in [0.15, 0.2) is 11.0 Å². The lowest BCUT2D eigenvalue weighted by Gasteiger charge is -2.23. The third-order valence-corrected chi connectivity index (χ3v) is 5.18. The Bertz CT molecular complexity index is 1190. The van der Waals surface area contributed by atoms with Crippen LogP contribution in [-0.4, -0.2) is 38.6 Å². The number of nitrogens with zero attached hydrogens (tertiary/aromatic N) is 6. The molecule has 0 unspecified atom stereocenters. The highest BCUT2D eigenvalue weighted by Crippen LogP contribution is 2.41. The number of rotatable bonds is 4. The molecular weight excluding hydrogens is 378 g/mol. The second-order valence-electron chi connectivity index (χ2n) is 6.97. The van der Waals surface area contributed by atoms with Gasteiger partial charge in [0.1, 0.15) is 11.2 Å². The van der Waals surface area contributed by atoms with Crippen molar-refractivity contribution in [2.24, 2.45) is 0 Å². The van der Waals surface area contributed by atoms with E-state index < -0.39 is 4.92 Å². The maximum absolute atomic E-state index is 11.9. The van der Waals surface area contributed by atoms with Crippen molar-refractivity contribution in [3.63, 3.8) is 0 Å². The first-order valence-corrected chi connectivity index (χ1v) is 9.39. The smallest absolute Gasteiger partial charge is 0.323 e. The summed E-state index contributed by atoms with van der Waals surface area (Å²) in [5.74, 6) is 0. The molecule has 0 atom stereocenters. The van der Waals surface area contributed by atoms with Crippen molar-refractivity contribution >= 4 is 44.8 Å². The van der Waals surface area contributed by atoms with Gasteiger partial charge in [-0.05, 0) is 51.7 Å². The van der Waals surface area contributed by atoms with E-state index in [0.29, 0.717) is 28.1 Å². The second kappa shape index (κ2) is 7.00. The third kappa shape index (κ3) is 3.00. The molecule has 3 heterocycles. The van der Waals surface area contributed by atoms with Gasteiger partial charge in [-0.3, -0.25) is 10.1 Å². The van der Waals surface area contributed by atoms with Crippen LogP contribution in [0.4, 0.5) is 22.7 Å². The Morgan fingerprint density at radius 3 is 2.45 bits per heavy atom. The van der Waals surface area contributed by atoms with Crippen LogP contribution in [0.1, 0.15) is 25.7 Å². The van der Waals surface area contributed by atoms with Crippen LogP contribution >= 0.6 is 0 Å². The van der Waals surface area contributed by atoms with Crippen LogP contribution in [0, 0.1) is 10.1 Å². The fraction of sp³-hybridized carbons (Fsp3) is 0.333. The lowest BCUT2D eigenvalue weighted by atomic mass is 10.1. The highest BCUT2D eigenvalue weighted by molar-refractivity contribution is 6.02. The first kappa shape index (κ1) is 17.3. The van der Waals surface area contributed by atoms with E-state index in [9.17, 15) is 10.1 Å². The molecule has 4 aromatic rings. The molecular formula is C18H17N7O4. The molecule has 1 saturated heterocycles. The number of anilines is 3. The first-order valence-electron chi connectivity index (χ1n) is 9.39. The Morgan fingerprint density at radius 2 is 1.66 bits per heavy atom. The van der Waals surface area contributed by atoms with Crippen LogP contribution in [0.15, 0.2) is 33.5 Å². The molecule has 5 rings (SSSR count). The van der Waals surface area contributed by atoms with Crippen molar-refractivity contribution in [3.05, 3.63) is 34.4 Å². The van der Waals surface area contributed by atoms with Gasteiger partial charge in [0, 0.05) is 13.1 Å². The van der Waals surface area contributed by atoms with Crippen LogP contribution in [0.3, 0.4) is 0 Å². The van der Waals surface area contributed by atoms with Crippen molar-refractivity contribution in [3.8, 4) is 0 Å². The molecule has 0 saturated carbocycles. The molecule has 1 N–H and O–H groups in total. The number of fused-ring (bicyclic) bond motifs is 2. The molecule has 2 aromatic carbocycles. The van der Waals surface area contributed by atoms with Crippen molar-refractivity contribution in [1.82, 2.24) is 20.6 Å². The van der Waals surface area contributed by atoms with Gasteiger partial charge in [-0.1, -0.05) is 18.9 Å². The standard InChI is InChI=1S/C18H17N7O4/c26-25(27)18-14(24-8-3-1-2-4-9-24)10-13(16-17(18)23-29-22-16)19-11-6-5-7-12-15(11)21-28-20-12/h5-7,10,19H,1-4,8-9H2. The number of hydrogen-bond donors (Lipinski definition) is 1. The summed E-state index contributed by atoms with van der Waals surface area (Å²) in [6.45, 7) is 1.50. The summed E-state index contributed by atoms with van der Waals surface area (Å²) in [5.41, 5.74) is 3.15. The minimum absolute atomic E-state index is 0.0880. The molecule has 1 aliphatic heterocycles. The Balaban J connectivity index is 1.67. The minimum Gasteiger partial charge on any atom is -0.366 e. The van der Waals surface area contributed by atoms with Crippen molar-refractivity contribution < 1.29 is 14.2 Å². The Hall–Kier alpha value is -3.76. The molecule has 0 amide bonds. The number of nitro benzene ring substituents is 1. The number of nitro groups is 1. The van der Waals surface area contributed by atoms with Gasteiger partial charge in [-0.2, -0.15) is 0 Å². The summed E-state index contributed by atoms with van der Waals surface area (Å²) in [5, 5.41) is 30.6. The molecule has 1 fully saturated rings. The van der Waals surface area contributed by atoms with Crippen LogP contribution in [0.2, 0.25) is 0 Å². The van der Waals surface area contributed by atoms with Crippen LogP contribution in [0.5, 0.6) is 0 Å². The van der Waals surface area contributed by atoms with Crippen molar-refractivity contribution in [2.75, 3.05) is 23.3 Å². The number of hydrogen-bond acceptors (Lipinski definition) is 10. The van der Waals surface area contributed by atoms with Crippen LogP contribution in [-0.2, 0) is 0 Å². The van der Waals surface area contributed by atoms with E-state index in [4.69, 9.17) is 9.26 Å². The van der Waals surface area contributed by atoms with E-state index in [0.717, 1.165) is 38.8 Å². The number of aromatic nitrogens is 4. The van der Waals surface area contributed by atoms with E-state index in [1.165, 1.54) is 0 Å². The summed E-state index contributed by atoms with van der Waals surface area (Å²) in [6.07, 6.45) is 4.20. The molecule has 11 nitrogen and oxygen atoms in total. The van der Waals surface area contributed by atoms with Gasteiger partial charge in [0.05, 0.1) is 16.3 Å². The molecule has 1 aliphatic rings. The van der Waals surface area contributed by atoms with Crippen LogP contribution in [0.25, 0.3) is 22.1 Å². The maximum atomic E-state index is 11.9. The summed E-state index contributed by atoms with van der Waals surface area (Å²) < 4.78 is 9.68. The largest absolute Gasteiger partial charge is 0.366 e. The Morgan fingerprint density at radius 1 is 0.931 bits per heavy atom. The zero-order valence-corrected chi connectivity index (χ0v) is 15.4. The van der Waals surface area contributed by atoms with Gasteiger partial charge < -0.3 is 10.2 Å². The van der Waals surface area contributed by atoms with E-state index in [1.807, 2.05) is 17.0 Å². The molecule has 148 valence electrons. The molecule has 0 radical (unpaired) electrons. The molecule has 2 aromatic heterocycles. The number of nitrogens with one attached hydrogen (secondary N) is 1. The first-order chi connectivity index (χ1) is 14.2. The fourth-order valence-corrected chi connectivity index (χ4v) is 3.80. The zero-order chi connectivity index (χ0) is 19.8. The minimum atomic E-state index is -0.418. The van der Waals surface area contributed by atoms with Gasteiger partial charge in [-0.25, -0.2) is 9.26 Å². The lowest BCUT2D eigenvalue weighted by Crippen LogP contribution is -2.25. The maximum Gasteiger partial charge on any atom is 0.323 e.